The van der Waals surface area contributed by atoms with E-state index in [2.05, 4.69) is 27.5 Å². The molecule has 6 heteroatoms. The first-order valence-corrected chi connectivity index (χ1v) is 9.05. The molecule has 0 radical (unpaired) electrons. The van der Waals surface area contributed by atoms with Gasteiger partial charge in [-0.1, -0.05) is 30.3 Å². The van der Waals surface area contributed by atoms with E-state index in [-0.39, 0.29) is 5.91 Å². The number of hydrogen-bond acceptors (Lipinski definition) is 4. The third kappa shape index (κ3) is 5.29. The molecule has 0 fully saturated rings. The SMILES string of the molecule is COC(=O)Nc1ccc(NC(=O)/C=C/c2ccc(-c3ccccc3)s2)cc1. The molecule has 2 N–H and O–H groups in total. The first-order chi connectivity index (χ1) is 13.1. The number of anilines is 2. The van der Waals surface area contributed by atoms with Crippen molar-refractivity contribution in [2.45, 2.75) is 0 Å². The zero-order valence-electron chi connectivity index (χ0n) is 14.6. The predicted molar refractivity (Wildman–Crippen MR) is 110 cm³/mol. The molecule has 1 heterocycles. The van der Waals surface area contributed by atoms with Gasteiger partial charge in [0.05, 0.1) is 7.11 Å². The van der Waals surface area contributed by atoms with Crippen molar-refractivity contribution in [3.05, 3.63) is 77.7 Å². The zero-order valence-corrected chi connectivity index (χ0v) is 15.5. The number of rotatable bonds is 5. The van der Waals surface area contributed by atoms with Gasteiger partial charge in [-0.3, -0.25) is 10.1 Å². The smallest absolute Gasteiger partial charge is 0.411 e. The summed E-state index contributed by atoms with van der Waals surface area (Å²) >= 11 is 1.63. The predicted octanol–water partition coefficient (Wildman–Crippen LogP) is 5.25. The molecule has 5 nitrogen and oxygen atoms in total. The van der Waals surface area contributed by atoms with E-state index in [1.807, 2.05) is 30.3 Å². The standard InChI is InChI=1S/C21H18N2O3S/c1-26-21(25)23-17-9-7-16(8-10-17)22-20(24)14-12-18-11-13-19(27-18)15-5-3-2-4-6-15/h2-14H,1H3,(H,22,24)(H,23,25)/b14-12+. The molecule has 0 unspecified atom stereocenters. The molecule has 2 aromatic carbocycles. The molecule has 3 aromatic rings. The summed E-state index contributed by atoms with van der Waals surface area (Å²) in [4.78, 5) is 25.4. The number of nitrogens with one attached hydrogen (secondary N) is 2. The van der Waals surface area contributed by atoms with E-state index in [1.54, 1.807) is 41.7 Å². The summed E-state index contributed by atoms with van der Waals surface area (Å²) < 4.78 is 4.52. The highest BCUT2D eigenvalue weighted by molar-refractivity contribution is 7.16. The molecule has 0 aliphatic heterocycles. The molecule has 2 amide bonds. The summed E-state index contributed by atoms with van der Waals surface area (Å²) in [6.07, 6.45) is 2.75. The maximum atomic E-state index is 12.1. The minimum Gasteiger partial charge on any atom is -0.453 e. The van der Waals surface area contributed by atoms with Crippen molar-refractivity contribution in [2.24, 2.45) is 0 Å². The number of amides is 2. The molecule has 3 rings (SSSR count). The second kappa shape index (κ2) is 8.82. The molecule has 0 atom stereocenters. The van der Waals surface area contributed by atoms with Gasteiger partial charge in [0.2, 0.25) is 5.91 Å². The van der Waals surface area contributed by atoms with Crippen molar-refractivity contribution in [1.29, 1.82) is 0 Å². The van der Waals surface area contributed by atoms with E-state index >= 15 is 0 Å². The van der Waals surface area contributed by atoms with Crippen LogP contribution in [-0.2, 0) is 9.53 Å². The lowest BCUT2D eigenvalue weighted by molar-refractivity contribution is -0.111. The highest BCUT2D eigenvalue weighted by atomic mass is 32.1. The van der Waals surface area contributed by atoms with Crippen LogP contribution in [0, 0.1) is 0 Å². The van der Waals surface area contributed by atoms with Crippen LogP contribution in [0.15, 0.2) is 72.8 Å². The Balaban J connectivity index is 1.57. The van der Waals surface area contributed by atoms with E-state index in [9.17, 15) is 9.59 Å². The van der Waals surface area contributed by atoms with Crippen LogP contribution >= 0.6 is 11.3 Å². The van der Waals surface area contributed by atoms with Gasteiger partial charge in [-0.15, -0.1) is 11.3 Å². The lowest BCUT2D eigenvalue weighted by Crippen LogP contribution is -2.11. The average Bonchev–Trinajstić information content (AvgIpc) is 3.17. The van der Waals surface area contributed by atoms with Crippen LogP contribution in [0.3, 0.4) is 0 Å². The Morgan fingerprint density at radius 1 is 0.889 bits per heavy atom. The highest BCUT2D eigenvalue weighted by Crippen LogP contribution is 2.28. The molecule has 0 saturated heterocycles. The maximum Gasteiger partial charge on any atom is 0.411 e. The lowest BCUT2D eigenvalue weighted by atomic mass is 10.2. The van der Waals surface area contributed by atoms with Crippen molar-refractivity contribution < 1.29 is 14.3 Å². The van der Waals surface area contributed by atoms with Crippen molar-refractivity contribution in [3.8, 4) is 10.4 Å². The number of benzene rings is 2. The minimum absolute atomic E-state index is 0.224. The van der Waals surface area contributed by atoms with E-state index < -0.39 is 6.09 Å². The molecule has 0 spiro atoms. The van der Waals surface area contributed by atoms with Crippen LogP contribution in [0.5, 0.6) is 0 Å². The number of thiophene rings is 1. The summed E-state index contributed by atoms with van der Waals surface area (Å²) in [7, 11) is 1.30. The van der Waals surface area contributed by atoms with Crippen molar-refractivity contribution >= 4 is 40.8 Å². The number of methoxy groups -OCH3 is 1. The zero-order chi connectivity index (χ0) is 19.1. The largest absolute Gasteiger partial charge is 0.453 e. The van der Waals surface area contributed by atoms with Crippen LogP contribution < -0.4 is 10.6 Å². The average molecular weight is 378 g/mol. The molecule has 27 heavy (non-hydrogen) atoms. The fourth-order valence-corrected chi connectivity index (χ4v) is 3.26. The summed E-state index contributed by atoms with van der Waals surface area (Å²) in [6, 6.07) is 20.9. The number of hydrogen-bond donors (Lipinski definition) is 2. The molecular weight excluding hydrogens is 360 g/mol. The Morgan fingerprint density at radius 3 is 2.22 bits per heavy atom. The van der Waals surface area contributed by atoms with Gasteiger partial charge in [-0.25, -0.2) is 4.79 Å². The molecule has 0 saturated carbocycles. The molecule has 0 aliphatic rings. The number of ether oxygens (including phenoxy) is 1. The lowest BCUT2D eigenvalue weighted by Gasteiger charge is -2.05. The monoisotopic (exact) mass is 378 g/mol. The van der Waals surface area contributed by atoms with Gasteiger partial charge in [-0.2, -0.15) is 0 Å². The summed E-state index contributed by atoms with van der Waals surface area (Å²) in [6.45, 7) is 0. The summed E-state index contributed by atoms with van der Waals surface area (Å²) in [5.41, 5.74) is 2.38. The fourth-order valence-electron chi connectivity index (χ4n) is 2.35. The van der Waals surface area contributed by atoms with Gasteiger partial charge in [0.25, 0.3) is 0 Å². The Bertz CT molecular complexity index is 947. The highest BCUT2D eigenvalue weighted by Gasteiger charge is 2.03. The Kier molecular flexibility index (Phi) is 6.02. The maximum absolute atomic E-state index is 12.1. The Morgan fingerprint density at radius 2 is 1.56 bits per heavy atom. The van der Waals surface area contributed by atoms with Gasteiger partial charge in [0.1, 0.15) is 0 Å². The minimum atomic E-state index is -0.541. The second-order valence-electron chi connectivity index (χ2n) is 5.58. The number of carbonyl (C=O) groups excluding carboxylic acids is 2. The molecule has 1 aromatic heterocycles. The third-order valence-corrected chi connectivity index (χ3v) is 4.77. The first-order valence-electron chi connectivity index (χ1n) is 8.23. The van der Waals surface area contributed by atoms with Gasteiger partial charge in [0.15, 0.2) is 0 Å². The molecule has 0 bridgehead atoms. The first kappa shape index (κ1) is 18.4. The topological polar surface area (TPSA) is 67.4 Å². The molecule has 136 valence electrons. The van der Waals surface area contributed by atoms with Gasteiger partial charge in [-0.05, 0) is 48.0 Å². The van der Waals surface area contributed by atoms with Gasteiger partial charge in [0, 0.05) is 27.2 Å². The van der Waals surface area contributed by atoms with Crippen molar-refractivity contribution in [2.75, 3.05) is 17.7 Å². The van der Waals surface area contributed by atoms with E-state index in [0.29, 0.717) is 11.4 Å². The van der Waals surface area contributed by atoms with Crippen LogP contribution in [0.4, 0.5) is 16.2 Å². The van der Waals surface area contributed by atoms with Crippen molar-refractivity contribution in [3.63, 3.8) is 0 Å². The Hall–Kier alpha value is -3.38. The van der Waals surface area contributed by atoms with Crippen molar-refractivity contribution in [1.82, 2.24) is 0 Å². The van der Waals surface area contributed by atoms with Crippen LogP contribution in [0.2, 0.25) is 0 Å². The van der Waals surface area contributed by atoms with Gasteiger partial charge < -0.3 is 10.1 Å². The van der Waals surface area contributed by atoms with Gasteiger partial charge >= 0.3 is 6.09 Å². The summed E-state index contributed by atoms with van der Waals surface area (Å²) in [5, 5.41) is 5.33. The summed E-state index contributed by atoms with van der Waals surface area (Å²) in [5.74, 6) is -0.224. The van der Waals surface area contributed by atoms with E-state index in [1.165, 1.54) is 13.2 Å². The van der Waals surface area contributed by atoms with Crippen LogP contribution in [0.1, 0.15) is 4.88 Å². The fraction of sp³-hybridized carbons (Fsp3) is 0.0476. The van der Waals surface area contributed by atoms with E-state index in [0.717, 1.165) is 15.3 Å². The van der Waals surface area contributed by atoms with E-state index in [4.69, 9.17) is 0 Å². The van der Waals surface area contributed by atoms with Crippen LogP contribution in [0.25, 0.3) is 16.5 Å². The normalized spacial score (nSPS) is 10.6. The van der Waals surface area contributed by atoms with Crippen LogP contribution in [-0.4, -0.2) is 19.1 Å². The number of carbonyl (C=O) groups is 2. The molecular formula is C21H18N2O3S. The Labute approximate surface area is 161 Å². The second-order valence-corrected chi connectivity index (χ2v) is 6.70. The third-order valence-electron chi connectivity index (χ3n) is 3.67. The molecule has 0 aliphatic carbocycles. The quantitative estimate of drug-likeness (QED) is 0.596.